The van der Waals surface area contributed by atoms with Crippen LogP contribution < -0.4 is 5.32 Å². The van der Waals surface area contributed by atoms with E-state index in [1.807, 2.05) is 18.2 Å². The van der Waals surface area contributed by atoms with Crippen LogP contribution in [-0.4, -0.2) is 25.6 Å². The summed E-state index contributed by atoms with van der Waals surface area (Å²) in [6.45, 7) is 0.114. The lowest BCUT2D eigenvalue weighted by molar-refractivity contribution is 0.235. The molecule has 0 aliphatic heterocycles. The van der Waals surface area contributed by atoms with Gasteiger partial charge >= 0.3 is 6.03 Å². The second-order valence-corrected chi connectivity index (χ2v) is 5.84. The summed E-state index contributed by atoms with van der Waals surface area (Å²) in [6.07, 6.45) is 0.450. The predicted octanol–water partition coefficient (Wildman–Crippen LogP) is 3.55. The Hall–Kier alpha value is -1.89. The fourth-order valence-electron chi connectivity index (χ4n) is 1.84. The van der Waals surface area contributed by atoms with Crippen LogP contribution in [0.2, 0.25) is 5.02 Å². The van der Waals surface area contributed by atoms with E-state index in [1.165, 1.54) is 0 Å². The largest absolute Gasteiger partial charge is 0.335 e. The number of benzene rings is 2. The van der Waals surface area contributed by atoms with Gasteiger partial charge < -0.3 is 5.32 Å². The Morgan fingerprint density at radius 2 is 1.77 bits per heavy atom. The van der Waals surface area contributed by atoms with Crippen molar-refractivity contribution in [1.82, 2.24) is 4.31 Å². The first-order chi connectivity index (χ1) is 10.6. The zero-order valence-electron chi connectivity index (χ0n) is 11.6. The number of carbonyl (C=O) groups is 1. The smallest absolute Gasteiger partial charge is 0.307 e. The normalized spacial score (nSPS) is 11.7. The molecule has 2 amide bonds. The van der Waals surface area contributed by atoms with Crippen molar-refractivity contribution in [2.75, 3.05) is 11.9 Å². The molecular weight excluding hydrogens is 324 g/mol. The van der Waals surface area contributed by atoms with Crippen LogP contribution in [0.3, 0.4) is 0 Å². The molecule has 0 saturated heterocycles. The van der Waals surface area contributed by atoms with Crippen molar-refractivity contribution < 1.29 is 13.6 Å². The van der Waals surface area contributed by atoms with Crippen LogP contribution in [0.5, 0.6) is 0 Å². The first-order valence-corrected chi connectivity index (χ1v) is 7.99. The number of nitrogens with one attached hydrogen (secondary N) is 1. The molecule has 0 aromatic heterocycles. The van der Waals surface area contributed by atoms with Gasteiger partial charge in [0, 0.05) is 17.3 Å². The summed E-state index contributed by atoms with van der Waals surface area (Å²) in [5.41, 5.74) is 1.49. The lowest BCUT2D eigenvalue weighted by Gasteiger charge is -2.18. The summed E-state index contributed by atoms with van der Waals surface area (Å²) in [7, 11) is 0. The Balaban J connectivity index is 1.98. The highest BCUT2D eigenvalue weighted by atomic mass is 35.5. The highest BCUT2D eigenvalue weighted by Crippen LogP contribution is 2.12. The maximum Gasteiger partial charge on any atom is 0.335 e. The van der Waals surface area contributed by atoms with Gasteiger partial charge in [0.2, 0.25) is 0 Å². The Bertz CT molecular complexity index is 650. The molecule has 1 atom stereocenters. The molecule has 5 nitrogen and oxygen atoms in total. The molecule has 22 heavy (non-hydrogen) atoms. The SMILES string of the molecule is O=C(Nc1ccccc1)N(CCc1ccc(Cl)cc1)S(=O)O. The first-order valence-electron chi connectivity index (χ1n) is 6.55. The van der Waals surface area contributed by atoms with Crippen molar-refractivity contribution in [3.05, 3.63) is 65.2 Å². The number of halogens is 1. The first kappa shape index (κ1) is 16.5. The van der Waals surface area contributed by atoms with E-state index in [4.69, 9.17) is 11.6 Å². The number of carbonyl (C=O) groups excluding carboxylic acids is 1. The molecule has 0 spiro atoms. The molecule has 0 aliphatic rings. The second-order valence-electron chi connectivity index (χ2n) is 4.51. The van der Waals surface area contributed by atoms with Gasteiger partial charge in [-0.2, -0.15) is 0 Å². The minimum Gasteiger partial charge on any atom is -0.307 e. The number of para-hydroxylation sites is 1. The lowest BCUT2D eigenvalue weighted by atomic mass is 10.1. The molecule has 7 heteroatoms. The Morgan fingerprint density at radius 3 is 2.36 bits per heavy atom. The average molecular weight is 339 g/mol. The van der Waals surface area contributed by atoms with Crippen LogP contribution in [0.1, 0.15) is 5.56 Å². The number of rotatable bonds is 5. The molecule has 2 N–H and O–H groups in total. The molecule has 0 aliphatic carbocycles. The predicted molar refractivity (Wildman–Crippen MR) is 88.1 cm³/mol. The maximum absolute atomic E-state index is 12.1. The quantitative estimate of drug-likeness (QED) is 0.819. The molecule has 0 bridgehead atoms. The zero-order chi connectivity index (χ0) is 15.9. The lowest BCUT2D eigenvalue weighted by Crippen LogP contribution is -2.37. The van der Waals surface area contributed by atoms with Crippen LogP contribution in [0.25, 0.3) is 0 Å². The molecule has 2 aromatic rings. The van der Waals surface area contributed by atoms with Crippen LogP contribution in [-0.2, 0) is 17.7 Å². The Kier molecular flexibility index (Phi) is 5.94. The molecular formula is C15H15ClN2O3S. The number of amides is 2. The van der Waals surface area contributed by atoms with E-state index in [0.29, 0.717) is 17.1 Å². The minimum absolute atomic E-state index is 0.114. The summed E-state index contributed by atoms with van der Waals surface area (Å²) in [4.78, 5) is 12.1. The third-order valence-electron chi connectivity index (χ3n) is 2.96. The summed E-state index contributed by atoms with van der Waals surface area (Å²) in [6, 6.07) is 15.2. The Morgan fingerprint density at radius 1 is 1.14 bits per heavy atom. The van der Waals surface area contributed by atoms with Gasteiger partial charge in [0.1, 0.15) is 0 Å². The molecule has 0 radical (unpaired) electrons. The van der Waals surface area contributed by atoms with Crippen molar-refractivity contribution >= 4 is 34.6 Å². The maximum atomic E-state index is 12.1. The zero-order valence-corrected chi connectivity index (χ0v) is 13.2. The van der Waals surface area contributed by atoms with Crippen LogP contribution in [0.4, 0.5) is 10.5 Å². The van der Waals surface area contributed by atoms with Gasteiger partial charge in [-0.05, 0) is 36.2 Å². The second kappa shape index (κ2) is 7.93. The van der Waals surface area contributed by atoms with E-state index < -0.39 is 17.3 Å². The van der Waals surface area contributed by atoms with Crippen LogP contribution in [0, 0.1) is 0 Å². The molecule has 0 fully saturated rings. The van der Waals surface area contributed by atoms with Crippen molar-refractivity contribution in [2.24, 2.45) is 0 Å². The average Bonchev–Trinajstić information content (AvgIpc) is 2.50. The number of hydrogen-bond acceptors (Lipinski definition) is 2. The van der Waals surface area contributed by atoms with Crippen molar-refractivity contribution in [2.45, 2.75) is 6.42 Å². The summed E-state index contributed by atoms with van der Waals surface area (Å²) in [5.74, 6) is 0. The van der Waals surface area contributed by atoms with Gasteiger partial charge in [-0.25, -0.2) is 13.3 Å². The van der Waals surface area contributed by atoms with Crippen molar-refractivity contribution in [3.63, 3.8) is 0 Å². The topological polar surface area (TPSA) is 69.6 Å². The van der Waals surface area contributed by atoms with Gasteiger partial charge in [0.25, 0.3) is 11.3 Å². The summed E-state index contributed by atoms with van der Waals surface area (Å²) >= 11 is 3.41. The van der Waals surface area contributed by atoms with Gasteiger partial charge in [-0.3, -0.25) is 4.55 Å². The molecule has 0 heterocycles. The molecule has 2 aromatic carbocycles. The van der Waals surface area contributed by atoms with Gasteiger partial charge in [0.05, 0.1) is 0 Å². The van der Waals surface area contributed by atoms with Gasteiger partial charge in [-0.1, -0.05) is 41.9 Å². The Labute approximate surface area is 136 Å². The third kappa shape index (κ3) is 4.84. The summed E-state index contributed by atoms with van der Waals surface area (Å²) in [5, 5.41) is 3.20. The molecule has 0 saturated carbocycles. The number of urea groups is 1. The van der Waals surface area contributed by atoms with E-state index in [0.717, 1.165) is 9.87 Å². The van der Waals surface area contributed by atoms with Gasteiger partial charge in [-0.15, -0.1) is 0 Å². The van der Waals surface area contributed by atoms with Crippen LogP contribution in [0.15, 0.2) is 54.6 Å². The number of anilines is 1. The molecule has 2 rings (SSSR count). The van der Waals surface area contributed by atoms with Gasteiger partial charge in [0.15, 0.2) is 0 Å². The fraction of sp³-hybridized carbons (Fsp3) is 0.133. The van der Waals surface area contributed by atoms with Crippen molar-refractivity contribution in [3.8, 4) is 0 Å². The fourth-order valence-corrected chi connectivity index (χ4v) is 2.40. The van der Waals surface area contributed by atoms with E-state index in [-0.39, 0.29) is 6.54 Å². The monoisotopic (exact) mass is 338 g/mol. The van der Waals surface area contributed by atoms with Crippen LogP contribution >= 0.6 is 11.6 Å². The number of nitrogens with zero attached hydrogens (tertiary/aromatic N) is 1. The van der Waals surface area contributed by atoms with E-state index >= 15 is 0 Å². The van der Waals surface area contributed by atoms with E-state index in [9.17, 15) is 13.6 Å². The highest BCUT2D eigenvalue weighted by molar-refractivity contribution is 7.77. The molecule has 116 valence electrons. The number of hydrogen-bond donors (Lipinski definition) is 2. The minimum atomic E-state index is -2.39. The van der Waals surface area contributed by atoms with Crippen molar-refractivity contribution in [1.29, 1.82) is 0 Å². The molecule has 1 unspecified atom stereocenters. The van der Waals surface area contributed by atoms with E-state index in [2.05, 4.69) is 5.32 Å². The summed E-state index contributed by atoms with van der Waals surface area (Å²) < 4.78 is 21.5. The van der Waals surface area contributed by atoms with E-state index in [1.54, 1.807) is 36.4 Å². The standard InChI is InChI=1S/C15H15ClN2O3S/c16-13-8-6-12(7-9-13)10-11-18(22(20)21)15(19)17-14-4-2-1-3-5-14/h1-9H,10-11H2,(H,17,19)(H,20,21). The third-order valence-corrected chi connectivity index (χ3v) is 3.93. The highest BCUT2D eigenvalue weighted by Gasteiger charge is 2.18.